The van der Waals surface area contributed by atoms with Crippen LogP contribution in [-0.2, 0) is 9.05 Å². The minimum atomic E-state index is 0.163. The van der Waals surface area contributed by atoms with Crippen molar-refractivity contribution in [3.05, 3.63) is 72.9 Å². The molecule has 0 aliphatic heterocycles. The van der Waals surface area contributed by atoms with Gasteiger partial charge in [0.05, 0.1) is 12.2 Å². The number of rotatable bonds is 16. The van der Waals surface area contributed by atoms with Gasteiger partial charge >= 0.3 is 0 Å². The Labute approximate surface area is 173 Å². The van der Waals surface area contributed by atoms with Crippen molar-refractivity contribution in [2.24, 2.45) is 0 Å². The van der Waals surface area contributed by atoms with Gasteiger partial charge in [-0.15, -0.1) is 0 Å². The van der Waals surface area contributed by atoms with E-state index in [0.29, 0.717) is 8.50 Å². The second-order valence-electron chi connectivity index (χ2n) is 5.92. The van der Waals surface area contributed by atoms with Gasteiger partial charge in [0.1, 0.15) is 0 Å². The lowest BCUT2D eigenvalue weighted by molar-refractivity contribution is 0.279. The maximum absolute atomic E-state index is 5.70. The largest absolute Gasteiger partial charge is 0.358 e. The van der Waals surface area contributed by atoms with Crippen LogP contribution < -0.4 is 0 Å². The number of allylic oxidation sites excluding steroid dienone is 9. The molecule has 3 unspecified atom stereocenters. The van der Waals surface area contributed by atoms with E-state index in [1.54, 1.807) is 0 Å². The van der Waals surface area contributed by atoms with Crippen LogP contribution in [0.3, 0.4) is 0 Å². The molecule has 0 spiro atoms. The van der Waals surface area contributed by atoms with E-state index in [0.717, 1.165) is 38.5 Å². The van der Waals surface area contributed by atoms with Gasteiger partial charge in [0.25, 0.3) is 0 Å². The molecule has 0 aromatic carbocycles. The SMILES string of the molecule is CCC=CC[C@@H](C=CC=CCC=CCC=CC=C[C@@H](CCC)OP)OPP. The molecule has 0 aromatic heterocycles. The van der Waals surface area contributed by atoms with E-state index >= 15 is 0 Å². The highest BCUT2D eigenvalue weighted by atomic mass is 32.0. The fourth-order valence-electron chi connectivity index (χ4n) is 2.18. The molecule has 27 heavy (non-hydrogen) atoms. The minimum absolute atomic E-state index is 0.163. The highest BCUT2D eigenvalue weighted by Gasteiger charge is 2.00. The van der Waals surface area contributed by atoms with Gasteiger partial charge < -0.3 is 9.05 Å². The summed E-state index contributed by atoms with van der Waals surface area (Å²) in [6.07, 6.45) is 32.0. The molecule has 152 valence electrons. The van der Waals surface area contributed by atoms with Gasteiger partial charge in [-0.3, -0.25) is 0 Å². The highest BCUT2D eigenvalue weighted by molar-refractivity contribution is 8.00. The Morgan fingerprint density at radius 1 is 0.815 bits per heavy atom. The Bertz CT molecular complexity index is 494. The van der Waals surface area contributed by atoms with Crippen LogP contribution in [0, 0.1) is 0 Å². The smallest absolute Gasteiger partial charge is 0.0836 e. The first kappa shape index (κ1) is 26.6. The predicted octanol–water partition coefficient (Wildman–Crippen LogP) is 7.65. The molecule has 0 saturated carbocycles. The summed E-state index contributed by atoms with van der Waals surface area (Å²) >= 11 is 0. The topological polar surface area (TPSA) is 18.5 Å². The maximum Gasteiger partial charge on any atom is 0.0836 e. The molecule has 2 nitrogen and oxygen atoms in total. The fraction of sp³-hybridized carbons (Fsp3) is 0.455. The molecule has 0 aromatic rings. The van der Waals surface area contributed by atoms with E-state index in [1.165, 1.54) is 0 Å². The van der Waals surface area contributed by atoms with Crippen LogP contribution in [0.25, 0.3) is 0 Å². The van der Waals surface area contributed by atoms with E-state index in [2.05, 4.69) is 105 Å². The number of hydrogen-bond acceptors (Lipinski definition) is 2. The summed E-state index contributed by atoms with van der Waals surface area (Å²) < 4.78 is 11.0. The third-order valence-electron chi connectivity index (χ3n) is 3.60. The Kier molecular flexibility index (Phi) is 21.7. The molecule has 5 heteroatoms. The molecular formula is C22H37O2P3. The van der Waals surface area contributed by atoms with Crippen LogP contribution >= 0.6 is 26.9 Å². The van der Waals surface area contributed by atoms with Crippen LogP contribution in [0.4, 0.5) is 0 Å². The second-order valence-corrected chi connectivity index (χ2v) is 7.37. The van der Waals surface area contributed by atoms with E-state index < -0.39 is 0 Å². The monoisotopic (exact) mass is 426 g/mol. The summed E-state index contributed by atoms with van der Waals surface area (Å²) in [6, 6.07) is 0. The zero-order chi connectivity index (χ0) is 20.0. The van der Waals surface area contributed by atoms with E-state index in [4.69, 9.17) is 9.05 Å². The summed E-state index contributed by atoms with van der Waals surface area (Å²) in [7, 11) is 5.42. The van der Waals surface area contributed by atoms with Crippen molar-refractivity contribution < 1.29 is 9.05 Å². The molecule has 0 rings (SSSR count). The lowest BCUT2D eigenvalue weighted by atomic mass is 10.2. The first-order valence-corrected chi connectivity index (χ1v) is 12.9. The average molecular weight is 426 g/mol. The molecule has 0 amide bonds. The summed E-state index contributed by atoms with van der Waals surface area (Å²) in [4.78, 5) is 0. The molecule has 0 radical (unpaired) electrons. The van der Waals surface area contributed by atoms with Crippen molar-refractivity contribution in [1.29, 1.82) is 0 Å². The summed E-state index contributed by atoms with van der Waals surface area (Å²) in [5.74, 6) is 0. The van der Waals surface area contributed by atoms with Gasteiger partial charge in [-0.2, -0.15) is 0 Å². The molecule has 0 bridgehead atoms. The van der Waals surface area contributed by atoms with Gasteiger partial charge in [0.2, 0.25) is 0 Å². The average Bonchev–Trinajstić information content (AvgIpc) is 2.68. The highest BCUT2D eigenvalue weighted by Crippen LogP contribution is 2.25. The first-order chi connectivity index (χ1) is 13.3. The van der Waals surface area contributed by atoms with Gasteiger partial charge in [-0.25, -0.2) is 0 Å². The van der Waals surface area contributed by atoms with Crippen molar-refractivity contribution in [3.63, 3.8) is 0 Å². The minimum Gasteiger partial charge on any atom is -0.358 e. The van der Waals surface area contributed by atoms with Crippen LogP contribution in [0.1, 0.15) is 52.4 Å². The second kappa shape index (κ2) is 21.9. The quantitative estimate of drug-likeness (QED) is 0.143. The summed E-state index contributed by atoms with van der Waals surface area (Å²) in [5, 5.41) is 0. The van der Waals surface area contributed by atoms with Crippen LogP contribution in [0.15, 0.2) is 72.9 Å². The molecule has 0 fully saturated rings. The molecule has 5 atom stereocenters. The lowest BCUT2D eigenvalue weighted by Gasteiger charge is -2.09. The van der Waals surface area contributed by atoms with Crippen LogP contribution in [0.2, 0.25) is 0 Å². The van der Waals surface area contributed by atoms with E-state index in [-0.39, 0.29) is 12.2 Å². The van der Waals surface area contributed by atoms with Crippen LogP contribution in [0.5, 0.6) is 0 Å². The van der Waals surface area contributed by atoms with Crippen LogP contribution in [-0.4, -0.2) is 12.2 Å². The van der Waals surface area contributed by atoms with Crippen molar-refractivity contribution in [1.82, 2.24) is 0 Å². The summed E-state index contributed by atoms with van der Waals surface area (Å²) in [6.45, 7) is 4.31. The molecule has 0 heterocycles. The molecule has 0 N–H and O–H groups in total. The normalized spacial score (nSPS) is 16.0. The zero-order valence-corrected chi connectivity index (χ0v) is 20.1. The third-order valence-corrected chi connectivity index (χ3v) is 4.79. The Morgan fingerprint density at radius 2 is 1.44 bits per heavy atom. The van der Waals surface area contributed by atoms with Crippen molar-refractivity contribution in [2.45, 2.75) is 64.6 Å². The van der Waals surface area contributed by atoms with Crippen molar-refractivity contribution >= 4 is 26.9 Å². The van der Waals surface area contributed by atoms with Gasteiger partial charge in [0, 0.05) is 18.0 Å². The van der Waals surface area contributed by atoms with Crippen molar-refractivity contribution in [2.75, 3.05) is 0 Å². The molecular weight excluding hydrogens is 389 g/mol. The Morgan fingerprint density at radius 3 is 1.96 bits per heavy atom. The van der Waals surface area contributed by atoms with E-state index in [1.807, 2.05) is 0 Å². The van der Waals surface area contributed by atoms with Gasteiger partial charge in [-0.1, -0.05) is 102 Å². The molecule has 0 aliphatic rings. The first-order valence-electron chi connectivity index (χ1n) is 9.71. The summed E-state index contributed by atoms with van der Waals surface area (Å²) in [5.41, 5.74) is 0. The van der Waals surface area contributed by atoms with Crippen molar-refractivity contribution in [3.8, 4) is 0 Å². The lowest BCUT2D eigenvalue weighted by Crippen LogP contribution is -2.01. The Hall–Kier alpha value is -0.350. The molecule has 0 aliphatic carbocycles. The van der Waals surface area contributed by atoms with Gasteiger partial charge in [0.15, 0.2) is 0 Å². The standard InChI is InChI=1S/C22H37O2P3/c1-3-5-14-19-22(24-27-26)20-16-13-11-9-7-6-8-10-12-15-18-21(23-25)17-4-2/h5-7,10-16,18,20-22,27H,3-4,8-9,17,19,25-26H2,1-2H3/t21-,22+/m1/s1. The Balaban J connectivity index is 4.01. The molecule has 0 saturated heterocycles. The zero-order valence-electron chi connectivity index (χ0n) is 16.8. The maximum atomic E-state index is 5.70. The third kappa shape index (κ3) is 18.8. The number of hydrogen-bond donors (Lipinski definition) is 0. The van der Waals surface area contributed by atoms with Gasteiger partial charge in [-0.05, 0) is 32.1 Å². The fourth-order valence-corrected chi connectivity index (χ4v) is 3.29. The predicted molar refractivity (Wildman–Crippen MR) is 131 cm³/mol. The van der Waals surface area contributed by atoms with E-state index in [9.17, 15) is 0 Å².